The molecule has 2 atom stereocenters. The van der Waals surface area contributed by atoms with Gasteiger partial charge in [0.05, 0.1) is 5.71 Å². The molecular weight excluding hydrogens is 440 g/mol. The second-order valence-corrected chi connectivity index (χ2v) is 9.63. The zero-order valence-corrected chi connectivity index (χ0v) is 20.6. The van der Waals surface area contributed by atoms with E-state index in [4.69, 9.17) is 9.15 Å². The van der Waals surface area contributed by atoms with Gasteiger partial charge in [0.15, 0.2) is 5.58 Å². The van der Waals surface area contributed by atoms with Gasteiger partial charge < -0.3 is 9.15 Å². The summed E-state index contributed by atoms with van der Waals surface area (Å²) in [7, 11) is 0. The molecule has 0 radical (unpaired) electrons. The highest BCUT2D eigenvalue weighted by Gasteiger charge is 2.32. The molecule has 0 aliphatic carbocycles. The van der Waals surface area contributed by atoms with Crippen molar-refractivity contribution in [3.8, 4) is 17.2 Å². The number of nitrogens with one attached hydrogen (secondary N) is 1. The molecule has 1 N–H and O–H groups in total. The summed E-state index contributed by atoms with van der Waals surface area (Å²) >= 11 is 0. The van der Waals surface area contributed by atoms with Gasteiger partial charge in [-0.25, -0.2) is 10.4 Å². The Bertz CT molecular complexity index is 1190. The van der Waals surface area contributed by atoms with E-state index >= 15 is 0 Å². The molecular formula is C28H34N4O3. The number of rotatable bonds is 8. The van der Waals surface area contributed by atoms with Crippen molar-refractivity contribution in [3.05, 3.63) is 48.0 Å². The lowest BCUT2D eigenvalue weighted by Crippen LogP contribution is -2.40. The van der Waals surface area contributed by atoms with Crippen LogP contribution in [-0.2, 0) is 4.79 Å². The fraction of sp³-hybridized carbons (Fsp3) is 0.464. The smallest absolute Gasteiger partial charge is 0.243 e. The Hall–Kier alpha value is -3.19. The fourth-order valence-electron chi connectivity index (χ4n) is 5.11. The van der Waals surface area contributed by atoms with Crippen LogP contribution in [0.5, 0.6) is 5.75 Å². The van der Waals surface area contributed by atoms with Gasteiger partial charge in [0.1, 0.15) is 17.9 Å². The molecule has 2 aliphatic heterocycles. The largest absolute Gasteiger partial charge is 0.492 e. The molecule has 3 aromatic rings. The summed E-state index contributed by atoms with van der Waals surface area (Å²) in [5, 5.41) is 4.37. The van der Waals surface area contributed by atoms with Crippen molar-refractivity contribution in [3.63, 3.8) is 0 Å². The van der Waals surface area contributed by atoms with E-state index in [1.807, 2.05) is 42.5 Å². The van der Waals surface area contributed by atoms with Crippen LogP contribution in [0.4, 0.5) is 0 Å². The van der Waals surface area contributed by atoms with E-state index in [2.05, 4.69) is 34.3 Å². The van der Waals surface area contributed by atoms with Crippen molar-refractivity contribution in [2.45, 2.75) is 46.0 Å². The highest BCUT2D eigenvalue weighted by Crippen LogP contribution is 2.30. The van der Waals surface area contributed by atoms with Gasteiger partial charge in [-0.05, 0) is 68.8 Å². The van der Waals surface area contributed by atoms with Crippen LogP contribution in [-0.4, -0.2) is 47.7 Å². The molecule has 35 heavy (non-hydrogen) atoms. The van der Waals surface area contributed by atoms with Gasteiger partial charge in [-0.1, -0.05) is 32.8 Å². The predicted molar refractivity (Wildman–Crippen MR) is 137 cm³/mol. The number of fused-ring (bicyclic) bond motifs is 1. The third kappa shape index (κ3) is 5.25. The Morgan fingerprint density at radius 1 is 1.09 bits per heavy atom. The molecule has 3 heterocycles. The van der Waals surface area contributed by atoms with E-state index in [1.165, 1.54) is 32.4 Å². The molecule has 5 rings (SSSR count). The number of oxazole rings is 1. The first-order chi connectivity index (χ1) is 17.1. The molecule has 7 heteroatoms. The van der Waals surface area contributed by atoms with Gasteiger partial charge in [0.2, 0.25) is 11.8 Å². The van der Waals surface area contributed by atoms with Gasteiger partial charge in [-0.2, -0.15) is 5.10 Å². The lowest BCUT2D eigenvalue weighted by molar-refractivity contribution is -0.126. The van der Waals surface area contributed by atoms with E-state index in [-0.39, 0.29) is 17.7 Å². The second-order valence-electron chi connectivity index (χ2n) is 9.63. The number of aromatic nitrogens is 1. The number of hydrazone groups is 1. The van der Waals surface area contributed by atoms with Crippen LogP contribution in [0.15, 0.2) is 52.0 Å². The molecule has 1 fully saturated rings. The van der Waals surface area contributed by atoms with Crippen LogP contribution in [0, 0.1) is 11.8 Å². The Morgan fingerprint density at radius 2 is 1.86 bits per heavy atom. The summed E-state index contributed by atoms with van der Waals surface area (Å²) in [6, 6.07) is 13.8. The second kappa shape index (κ2) is 10.6. The first kappa shape index (κ1) is 23.5. The number of ether oxygens (including phenoxy) is 1. The van der Waals surface area contributed by atoms with Crippen molar-refractivity contribution in [1.82, 2.24) is 15.3 Å². The summed E-state index contributed by atoms with van der Waals surface area (Å²) in [5.74, 6) is 1.43. The number of benzene rings is 2. The van der Waals surface area contributed by atoms with Crippen LogP contribution in [0.2, 0.25) is 0 Å². The summed E-state index contributed by atoms with van der Waals surface area (Å²) in [6.45, 7) is 8.21. The van der Waals surface area contributed by atoms with E-state index in [0.29, 0.717) is 18.1 Å². The summed E-state index contributed by atoms with van der Waals surface area (Å²) in [4.78, 5) is 19.4. The SMILES string of the molecule is CCCC1C(=O)NN=C(c2ccc3nc(-c4ccc(OCCN5CCCCC5)cc4)oc3c2)C1C. The standard InChI is InChI=1S/C28H34N4O3/c1-3-7-23-19(2)26(30-31-27(23)33)21-10-13-24-25(18-21)35-28(29-24)20-8-11-22(12-9-20)34-17-16-32-14-5-4-6-15-32/h8-13,18-19,23H,3-7,14-17H2,1-2H3,(H,31,33). The maximum absolute atomic E-state index is 12.2. The van der Waals surface area contributed by atoms with Crippen molar-refractivity contribution >= 4 is 22.7 Å². The topological polar surface area (TPSA) is 80.0 Å². The molecule has 2 unspecified atom stereocenters. The molecule has 1 saturated heterocycles. The van der Waals surface area contributed by atoms with Gasteiger partial charge in [-0.15, -0.1) is 0 Å². The minimum absolute atomic E-state index is 0.00468. The number of amides is 1. The molecule has 0 spiro atoms. The monoisotopic (exact) mass is 474 g/mol. The maximum Gasteiger partial charge on any atom is 0.243 e. The summed E-state index contributed by atoms with van der Waals surface area (Å²) < 4.78 is 12.1. The van der Waals surface area contributed by atoms with Gasteiger partial charge in [0.25, 0.3) is 0 Å². The highest BCUT2D eigenvalue weighted by atomic mass is 16.5. The molecule has 2 aliphatic rings. The summed E-state index contributed by atoms with van der Waals surface area (Å²) in [5.41, 5.74) is 6.94. The molecule has 7 nitrogen and oxygen atoms in total. The molecule has 1 aromatic heterocycles. The van der Waals surface area contributed by atoms with Crippen LogP contribution >= 0.6 is 0 Å². The van der Waals surface area contributed by atoms with E-state index in [9.17, 15) is 4.79 Å². The average molecular weight is 475 g/mol. The number of nitrogens with zero attached hydrogens (tertiary/aromatic N) is 3. The van der Waals surface area contributed by atoms with Gasteiger partial charge >= 0.3 is 0 Å². The van der Waals surface area contributed by atoms with E-state index < -0.39 is 0 Å². The lowest BCUT2D eigenvalue weighted by atomic mass is 9.82. The van der Waals surface area contributed by atoms with Crippen LogP contribution < -0.4 is 10.2 Å². The predicted octanol–water partition coefficient (Wildman–Crippen LogP) is 5.25. The minimum atomic E-state index is -0.0610. The average Bonchev–Trinajstić information content (AvgIpc) is 3.31. The number of piperidine rings is 1. The first-order valence-electron chi connectivity index (χ1n) is 12.9. The van der Waals surface area contributed by atoms with Crippen molar-refractivity contribution < 1.29 is 13.9 Å². The Morgan fingerprint density at radius 3 is 2.63 bits per heavy atom. The zero-order valence-electron chi connectivity index (χ0n) is 20.6. The number of hydrogen-bond donors (Lipinski definition) is 1. The molecule has 0 bridgehead atoms. The lowest BCUT2D eigenvalue weighted by Gasteiger charge is -2.27. The molecule has 1 amide bonds. The maximum atomic E-state index is 12.2. The Kier molecular flexibility index (Phi) is 7.13. The molecule has 0 saturated carbocycles. The van der Waals surface area contributed by atoms with Crippen molar-refractivity contribution in [1.29, 1.82) is 0 Å². The quantitative estimate of drug-likeness (QED) is 0.483. The normalized spacial score (nSPS) is 21.1. The van der Waals surface area contributed by atoms with Gasteiger partial charge in [0, 0.05) is 29.5 Å². The number of likely N-dealkylation sites (tertiary alicyclic amines) is 1. The van der Waals surface area contributed by atoms with Crippen LogP contribution in [0.25, 0.3) is 22.6 Å². The minimum Gasteiger partial charge on any atom is -0.492 e. The molecule has 184 valence electrons. The molecule has 2 aromatic carbocycles. The number of carbonyl (C=O) groups is 1. The van der Waals surface area contributed by atoms with Crippen LogP contribution in [0.3, 0.4) is 0 Å². The Labute approximate surface area is 206 Å². The third-order valence-electron chi connectivity index (χ3n) is 7.17. The van der Waals surface area contributed by atoms with Crippen molar-refractivity contribution in [2.24, 2.45) is 16.9 Å². The third-order valence-corrected chi connectivity index (χ3v) is 7.17. The number of hydrogen-bond acceptors (Lipinski definition) is 6. The van der Waals surface area contributed by atoms with Crippen molar-refractivity contribution in [2.75, 3.05) is 26.2 Å². The zero-order chi connectivity index (χ0) is 24.2. The Balaban J connectivity index is 1.27. The van der Waals surface area contributed by atoms with E-state index in [1.54, 1.807) is 0 Å². The summed E-state index contributed by atoms with van der Waals surface area (Å²) in [6.07, 6.45) is 5.75. The van der Waals surface area contributed by atoms with Gasteiger partial charge in [-0.3, -0.25) is 9.69 Å². The fourth-order valence-corrected chi connectivity index (χ4v) is 5.11. The first-order valence-corrected chi connectivity index (χ1v) is 12.9. The number of carbonyl (C=O) groups excluding carboxylic acids is 1. The van der Waals surface area contributed by atoms with E-state index in [0.717, 1.165) is 47.5 Å². The highest BCUT2D eigenvalue weighted by molar-refractivity contribution is 6.07. The van der Waals surface area contributed by atoms with Crippen LogP contribution in [0.1, 0.15) is 51.5 Å².